The number of nitrogens with zero attached hydrogens (tertiary/aromatic N) is 2. The van der Waals surface area contributed by atoms with Crippen LogP contribution in [0.15, 0.2) is 36.5 Å². The van der Waals surface area contributed by atoms with Crippen LogP contribution in [0.5, 0.6) is 0 Å². The summed E-state index contributed by atoms with van der Waals surface area (Å²) in [4.78, 5) is 14.4. The third-order valence-electron chi connectivity index (χ3n) is 3.52. The van der Waals surface area contributed by atoms with Crippen molar-refractivity contribution < 1.29 is 4.92 Å². The molecule has 1 aromatic carbocycles. The second-order valence-electron chi connectivity index (χ2n) is 5.08. The van der Waals surface area contributed by atoms with Crippen molar-refractivity contribution in [2.45, 2.75) is 33.2 Å². The third kappa shape index (κ3) is 3.56. The van der Waals surface area contributed by atoms with E-state index in [4.69, 9.17) is 0 Å². The maximum Gasteiger partial charge on any atom is 0.287 e. The van der Waals surface area contributed by atoms with Gasteiger partial charge in [-0.25, -0.2) is 4.98 Å². The maximum absolute atomic E-state index is 10.7. The van der Waals surface area contributed by atoms with Gasteiger partial charge >= 0.3 is 0 Å². The van der Waals surface area contributed by atoms with E-state index in [1.165, 1.54) is 17.8 Å². The van der Waals surface area contributed by atoms with Gasteiger partial charge in [0.25, 0.3) is 5.69 Å². The smallest absolute Gasteiger partial charge is 0.287 e. The molecule has 0 amide bonds. The van der Waals surface area contributed by atoms with Gasteiger partial charge in [-0.05, 0) is 37.0 Å². The Hall–Kier alpha value is -2.43. The molecule has 110 valence electrons. The number of anilines is 1. The molecule has 1 aromatic heterocycles. The zero-order valence-corrected chi connectivity index (χ0v) is 12.5. The van der Waals surface area contributed by atoms with E-state index >= 15 is 0 Å². The van der Waals surface area contributed by atoms with Crippen LogP contribution in [0.2, 0.25) is 0 Å². The summed E-state index contributed by atoms with van der Waals surface area (Å²) >= 11 is 0. The van der Waals surface area contributed by atoms with Crippen LogP contribution < -0.4 is 5.32 Å². The van der Waals surface area contributed by atoms with Crippen LogP contribution in [0.1, 0.15) is 36.6 Å². The van der Waals surface area contributed by atoms with Gasteiger partial charge in [0.1, 0.15) is 12.0 Å². The quantitative estimate of drug-likeness (QED) is 0.665. The molecule has 1 N–H and O–H groups in total. The number of nitrogens with one attached hydrogen (secondary N) is 1. The summed E-state index contributed by atoms with van der Waals surface area (Å²) in [6.07, 6.45) is 2.30. The molecular weight excluding hydrogens is 266 g/mol. The van der Waals surface area contributed by atoms with E-state index < -0.39 is 4.92 Å². The van der Waals surface area contributed by atoms with E-state index in [0.29, 0.717) is 5.82 Å². The van der Waals surface area contributed by atoms with E-state index in [-0.39, 0.29) is 11.7 Å². The highest BCUT2D eigenvalue weighted by Crippen LogP contribution is 2.23. The normalized spacial score (nSPS) is 12.0. The summed E-state index contributed by atoms with van der Waals surface area (Å²) < 4.78 is 0. The van der Waals surface area contributed by atoms with Gasteiger partial charge in [-0.1, -0.05) is 31.2 Å². The Balaban J connectivity index is 2.14. The molecule has 0 fully saturated rings. The lowest BCUT2D eigenvalue weighted by atomic mass is 10.0. The van der Waals surface area contributed by atoms with E-state index in [0.717, 1.165) is 17.5 Å². The SMILES string of the molecule is CCc1ccc(C(C)Nc2ncc([N+](=O)[O-])cc2C)cc1. The highest BCUT2D eigenvalue weighted by molar-refractivity contribution is 5.49. The molecule has 5 heteroatoms. The number of nitro groups is 1. The van der Waals surface area contributed by atoms with Crippen LogP contribution in [0.25, 0.3) is 0 Å². The number of aromatic nitrogens is 1. The Bertz CT molecular complexity index is 638. The molecule has 1 atom stereocenters. The molecule has 21 heavy (non-hydrogen) atoms. The fourth-order valence-corrected chi connectivity index (χ4v) is 2.14. The Labute approximate surface area is 124 Å². The molecule has 1 unspecified atom stereocenters. The summed E-state index contributed by atoms with van der Waals surface area (Å²) in [6.45, 7) is 5.99. The molecule has 1 heterocycles. The predicted molar refractivity (Wildman–Crippen MR) is 83.5 cm³/mol. The monoisotopic (exact) mass is 285 g/mol. The number of rotatable bonds is 5. The van der Waals surface area contributed by atoms with Crippen LogP contribution in [0.4, 0.5) is 11.5 Å². The zero-order chi connectivity index (χ0) is 15.4. The number of aryl methyl sites for hydroxylation is 2. The molecule has 5 nitrogen and oxygen atoms in total. The fraction of sp³-hybridized carbons (Fsp3) is 0.312. The summed E-state index contributed by atoms with van der Waals surface area (Å²) in [5.74, 6) is 0.674. The Morgan fingerprint density at radius 3 is 2.52 bits per heavy atom. The number of pyridine rings is 1. The van der Waals surface area contributed by atoms with Crippen molar-refractivity contribution in [3.05, 3.63) is 63.3 Å². The average Bonchev–Trinajstić information content (AvgIpc) is 2.49. The lowest BCUT2D eigenvalue weighted by molar-refractivity contribution is -0.385. The second kappa shape index (κ2) is 6.35. The molecule has 2 rings (SSSR count). The van der Waals surface area contributed by atoms with Gasteiger partial charge in [-0.3, -0.25) is 10.1 Å². The van der Waals surface area contributed by atoms with Crippen LogP contribution in [0, 0.1) is 17.0 Å². The van der Waals surface area contributed by atoms with E-state index in [9.17, 15) is 10.1 Å². The first-order valence-electron chi connectivity index (χ1n) is 6.97. The van der Waals surface area contributed by atoms with Crippen LogP contribution >= 0.6 is 0 Å². The maximum atomic E-state index is 10.7. The van der Waals surface area contributed by atoms with Gasteiger partial charge in [-0.2, -0.15) is 0 Å². The highest BCUT2D eigenvalue weighted by atomic mass is 16.6. The van der Waals surface area contributed by atoms with Gasteiger partial charge in [-0.15, -0.1) is 0 Å². The minimum absolute atomic E-state index is 0.0120. The Morgan fingerprint density at radius 1 is 1.33 bits per heavy atom. The Kier molecular flexibility index (Phi) is 4.52. The minimum atomic E-state index is -0.434. The van der Waals surface area contributed by atoms with Gasteiger partial charge < -0.3 is 5.32 Å². The van der Waals surface area contributed by atoms with Crippen LogP contribution in [-0.4, -0.2) is 9.91 Å². The van der Waals surface area contributed by atoms with E-state index in [1.54, 1.807) is 0 Å². The molecule has 2 aromatic rings. The minimum Gasteiger partial charge on any atom is -0.363 e. The lowest BCUT2D eigenvalue weighted by Gasteiger charge is -2.16. The zero-order valence-electron chi connectivity index (χ0n) is 12.5. The summed E-state index contributed by atoms with van der Waals surface area (Å²) in [7, 11) is 0. The van der Waals surface area contributed by atoms with Crippen molar-refractivity contribution in [2.75, 3.05) is 5.32 Å². The van der Waals surface area contributed by atoms with Crippen LogP contribution in [0.3, 0.4) is 0 Å². The number of benzene rings is 1. The number of hydrogen-bond acceptors (Lipinski definition) is 4. The topological polar surface area (TPSA) is 68.1 Å². The standard InChI is InChI=1S/C16H19N3O2/c1-4-13-5-7-14(8-6-13)12(3)18-16-11(2)9-15(10-17-16)19(20)21/h5-10,12H,4H2,1-3H3,(H,17,18). The van der Waals surface area contributed by atoms with Gasteiger partial charge in [0.15, 0.2) is 0 Å². The van der Waals surface area contributed by atoms with Crippen molar-refractivity contribution in [1.29, 1.82) is 0 Å². The van der Waals surface area contributed by atoms with Crippen molar-refractivity contribution in [1.82, 2.24) is 4.98 Å². The lowest BCUT2D eigenvalue weighted by Crippen LogP contribution is -2.09. The van der Waals surface area contributed by atoms with Crippen molar-refractivity contribution in [3.63, 3.8) is 0 Å². The average molecular weight is 285 g/mol. The second-order valence-corrected chi connectivity index (χ2v) is 5.08. The fourth-order valence-electron chi connectivity index (χ4n) is 2.14. The Morgan fingerprint density at radius 2 is 2.00 bits per heavy atom. The molecule has 0 radical (unpaired) electrons. The first-order chi connectivity index (χ1) is 10.0. The molecule has 0 aliphatic carbocycles. The van der Waals surface area contributed by atoms with Gasteiger partial charge in [0.2, 0.25) is 0 Å². The third-order valence-corrected chi connectivity index (χ3v) is 3.52. The van der Waals surface area contributed by atoms with Gasteiger partial charge in [0.05, 0.1) is 4.92 Å². The summed E-state index contributed by atoms with van der Waals surface area (Å²) in [5.41, 5.74) is 3.24. The summed E-state index contributed by atoms with van der Waals surface area (Å²) in [5, 5.41) is 14.0. The molecule has 0 saturated heterocycles. The number of hydrogen-bond donors (Lipinski definition) is 1. The van der Waals surface area contributed by atoms with E-state index in [1.807, 2.05) is 13.8 Å². The molecule has 0 spiro atoms. The highest BCUT2D eigenvalue weighted by Gasteiger charge is 2.12. The first kappa shape index (κ1) is 15.0. The van der Waals surface area contributed by atoms with Crippen molar-refractivity contribution in [3.8, 4) is 0 Å². The largest absolute Gasteiger partial charge is 0.363 e. The molecular formula is C16H19N3O2. The predicted octanol–water partition coefficient (Wildman–Crippen LogP) is 4.03. The molecule has 0 saturated carbocycles. The van der Waals surface area contributed by atoms with Crippen molar-refractivity contribution >= 4 is 11.5 Å². The summed E-state index contributed by atoms with van der Waals surface area (Å²) in [6, 6.07) is 10.0. The van der Waals surface area contributed by atoms with E-state index in [2.05, 4.69) is 41.5 Å². The van der Waals surface area contributed by atoms with Gasteiger partial charge in [0, 0.05) is 12.1 Å². The molecule has 0 aliphatic rings. The van der Waals surface area contributed by atoms with Crippen LogP contribution in [-0.2, 0) is 6.42 Å². The van der Waals surface area contributed by atoms with Crippen molar-refractivity contribution in [2.24, 2.45) is 0 Å². The molecule has 0 aliphatic heterocycles. The molecule has 0 bridgehead atoms. The first-order valence-corrected chi connectivity index (χ1v) is 6.97.